The molecule has 0 saturated carbocycles. The number of benzene rings is 1. The van der Waals surface area contributed by atoms with Gasteiger partial charge in [0.1, 0.15) is 11.8 Å². The Bertz CT molecular complexity index is 1410. The predicted molar refractivity (Wildman–Crippen MR) is 138 cm³/mol. The van der Waals surface area contributed by atoms with Crippen LogP contribution in [0.4, 0.5) is 0 Å². The number of nitrogens with one attached hydrogen (secondary N) is 1. The van der Waals surface area contributed by atoms with E-state index in [1.807, 2.05) is 29.8 Å². The highest BCUT2D eigenvalue weighted by Gasteiger charge is 2.33. The third-order valence-corrected chi connectivity index (χ3v) is 7.55. The molecule has 6 rings (SSSR count). The summed E-state index contributed by atoms with van der Waals surface area (Å²) >= 11 is 0. The molecule has 0 unspecified atom stereocenters. The lowest BCUT2D eigenvalue weighted by Crippen LogP contribution is -2.48. The molecular formula is C27H33N7O3. The molecule has 194 valence electrons. The van der Waals surface area contributed by atoms with Crippen molar-refractivity contribution in [2.45, 2.75) is 51.9 Å². The molecule has 2 aliphatic heterocycles. The lowest BCUT2D eigenvalue weighted by molar-refractivity contribution is 0.0825. The minimum Gasteiger partial charge on any atom is -0.468 e. The number of nitrogens with zero attached hydrogens (tertiary/aromatic N) is 6. The van der Waals surface area contributed by atoms with Crippen LogP contribution in [0.15, 0.2) is 45.8 Å². The van der Waals surface area contributed by atoms with Crippen molar-refractivity contribution in [2.75, 3.05) is 32.8 Å². The van der Waals surface area contributed by atoms with Crippen molar-refractivity contribution < 1.29 is 9.15 Å². The van der Waals surface area contributed by atoms with E-state index in [9.17, 15) is 4.79 Å². The Morgan fingerprint density at radius 1 is 1.16 bits per heavy atom. The van der Waals surface area contributed by atoms with E-state index < -0.39 is 0 Å². The fraction of sp³-hybridized carbons (Fsp3) is 0.481. The van der Waals surface area contributed by atoms with Gasteiger partial charge in [-0.15, -0.1) is 5.10 Å². The van der Waals surface area contributed by atoms with Gasteiger partial charge in [0, 0.05) is 38.3 Å². The van der Waals surface area contributed by atoms with E-state index in [1.54, 1.807) is 6.26 Å². The van der Waals surface area contributed by atoms with Crippen LogP contribution < -0.4 is 5.56 Å². The van der Waals surface area contributed by atoms with Crippen LogP contribution in [0, 0.1) is 13.8 Å². The molecule has 0 amide bonds. The van der Waals surface area contributed by atoms with Crippen LogP contribution in [0.3, 0.4) is 0 Å². The molecule has 1 N–H and O–H groups in total. The summed E-state index contributed by atoms with van der Waals surface area (Å²) in [5, 5.41) is 13.8. The molecule has 37 heavy (non-hydrogen) atoms. The fourth-order valence-electron chi connectivity index (χ4n) is 5.73. The van der Waals surface area contributed by atoms with Gasteiger partial charge in [0.25, 0.3) is 5.56 Å². The van der Waals surface area contributed by atoms with Gasteiger partial charge in [0.15, 0.2) is 5.82 Å². The summed E-state index contributed by atoms with van der Waals surface area (Å²) in [6.45, 7) is 9.51. The quantitative estimate of drug-likeness (QED) is 0.411. The van der Waals surface area contributed by atoms with E-state index in [1.165, 1.54) is 0 Å². The topological polar surface area (TPSA) is 105 Å². The van der Waals surface area contributed by atoms with Crippen molar-refractivity contribution in [3.05, 3.63) is 75.2 Å². The van der Waals surface area contributed by atoms with E-state index in [4.69, 9.17) is 9.15 Å². The van der Waals surface area contributed by atoms with Gasteiger partial charge >= 0.3 is 0 Å². The largest absolute Gasteiger partial charge is 0.468 e. The number of ether oxygens (including phenoxy) is 1. The van der Waals surface area contributed by atoms with E-state index in [2.05, 4.69) is 49.4 Å². The van der Waals surface area contributed by atoms with Crippen molar-refractivity contribution >= 4 is 10.9 Å². The maximum atomic E-state index is 13.6. The van der Waals surface area contributed by atoms with Crippen molar-refractivity contribution in [1.29, 1.82) is 0 Å². The van der Waals surface area contributed by atoms with Crippen molar-refractivity contribution in [3.8, 4) is 0 Å². The lowest BCUT2D eigenvalue weighted by Gasteiger charge is -2.38. The second kappa shape index (κ2) is 10.2. The van der Waals surface area contributed by atoms with Gasteiger partial charge in [-0.1, -0.05) is 11.6 Å². The SMILES string of the molecule is Cc1cc(C)c2[nH]c(=O)c([C@@H](c3nnnn3C[C@H]3CCCO3)N3CCN(Cc4ccco4)CC3)cc2c1. The first-order valence-electron chi connectivity index (χ1n) is 13.1. The maximum Gasteiger partial charge on any atom is 0.253 e. The highest BCUT2D eigenvalue weighted by molar-refractivity contribution is 5.83. The molecule has 10 heteroatoms. The molecule has 2 atom stereocenters. The van der Waals surface area contributed by atoms with Crippen LogP contribution in [0.5, 0.6) is 0 Å². The molecule has 3 aromatic heterocycles. The monoisotopic (exact) mass is 503 g/mol. The van der Waals surface area contributed by atoms with Crippen LogP contribution in [-0.4, -0.2) is 73.9 Å². The van der Waals surface area contributed by atoms with Gasteiger partial charge in [-0.2, -0.15) is 0 Å². The molecule has 1 aromatic carbocycles. The van der Waals surface area contributed by atoms with E-state index in [0.717, 1.165) is 80.0 Å². The second-order valence-corrected chi connectivity index (χ2v) is 10.2. The van der Waals surface area contributed by atoms with Crippen LogP contribution >= 0.6 is 0 Å². The highest BCUT2D eigenvalue weighted by atomic mass is 16.5. The highest BCUT2D eigenvalue weighted by Crippen LogP contribution is 2.29. The number of furan rings is 1. The molecule has 2 saturated heterocycles. The molecule has 5 heterocycles. The van der Waals surface area contributed by atoms with Gasteiger partial charge in [-0.05, 0) is 72.3 Å². The van der Waals surface area contributed by atoms with Crippen molar-refractivity contribution in [2.24, 2.45) is 0 Å². The summed E-state index contributed by atoms with van der Waals surface area (Å²) in [4.78, 5) is 21.4. The van der Waals surface area contributed by atoms with Gasteiger partial charge in [-0.25, -0.2) is 4.68 Å². The van der Waals surface area contributed by atoms with E-state index in [-0.39, 0.29) is 17.7 Å². The molecule has 0 spiro atoms. The molecule has 2 aliphatic rings. The Labute approximate surface area is 215 Å². The van der Waals surface area contributed by atoms with Gasteiger partial charge < -0.3 is 14.1 Å². The van der Waals surface area contributed by atoms with Gasteiger partial charge in [0.05, 0.1) is 31.0 Å². The van der Waals surface area contributed by atoms with Gasteiger partial charge in [-0.3, -0.25) is 14.6 Å². The minimum atomic E-state index is -0.365. The smallest absolute Gasteiger partial charge is 0.253 e. The zero-order valence-corrected chi connectivity index (χ0v) is 21.4. The first-order chi connectivity index (χ1) is 18.0. The Morgan fingerprint density at radius 2 is 2.03 bits per heavy atom. The predicted octanol–water partition coefficient (Wildman–Crippen LogP) is 2.81. The van der Waals surface area contributed by atoms with Crippen molar-refractivity contribution in [3.63, 3.8) is 0 Å². The third kappa shape index (κ3) is 4.96. The summed E-state index contributed by atoms with van der Waals surface area (Å²) in [7, 11) is 0. The normalized spacial score (nSPS) is 20.1. The number of piperazine rings is 1. The molecular weight excluding hydrogens is 470 g/mol. The standard InChI is InChI=1S/C27H33N7O3/c1-18-13-19(2)24-20(14-18)15-23(27(35)28-24)25(26-29-30-31-34(26)17-22-6-4-12-37-22)33-9-7-32(8-10-33)16-21-5-3-11-36-21/h3,5,11,13-15,22,25H,4,6-10,12,16-17H2,1-2H3,(H,28,35)/t22-,25+/m1/s1. The second-order valence-electron chi connectivity index (χ2n) is 10.2. The molecule has 10 nitrogen and oxygen atoms in total. The molecule has 2 fully saturated rings. The zero-order chi connectivity index (χ0) is 25.4. The number of aromatic nitrogens is 5. The number of hydrogen-bond acceptors (Lipinski definition) is 8. The number of aryl methyl sites for hydroxylation is 2. The average molecular weight is 504 g/mol. The first kappa shape index (κ1) is 24.0. The number of H-pyrrole nitrogens is 1. The van der Waals surface area contributed by atoms with E-state index >= 15 is 0 Å². The molecule has 0 radical (unpaired) electrons. The summed E-state index contributed by atoms with van der Waals surface area (Å²) in [5.74, 6) is 1.64. The summed E-state index contributed by atoms with van der Waals surface area (Å²) in [5.41, 5.74) is 3.66. The Hall–Kier alpha value is -3.34. The number of pyridine rings is 1. The zero-order valence-electron chi connectivity index (χ0n) is 21.4. The Morgan fingerprint density at radius 3 is 2.78 bits per heavy atom. The van der Waals surface area contributed by atoms with Crippen LogP contribution in [0.1, 0.15) is 47.2 Å². The lowest BCUT2D eigenvalue weighted by atomic mass is 10.00. The minimum absolute atomic E-state index is 0.0910. The van der Waals surface area contributed by atoms with Crippen LogP contribution in [0.2, 0.25) is 0 Å². The number of hydrogen-bond donors (Lipinski definition) is 1. The van der Waals surface area contributed by atoms with Gasteiger partial charge in [0.2, 0.25) is 0 Å². The third-order valence-electron chi connectivity index (χ3n) is 7.55. The molecule has 0 bridgehead atoms. The number of tetrazole rings is 1. The summed E-state index contributed by atoms with van der Waals surface area (Å²) in [6.07, 6.45) is 3.84. The number of fused-ring (bicyclic) bond motifs is 1. The maximum absolute atomic E-state index is 13.6. The Balaban J connectivity index is 1.36. The van der Waals surface area contributed by atoms with Crippen LogP contribution in [-0.2, 0) is 17.8 Å². The molecule has 4 aromatic rings. The average Bonchev–Trinajstić information content (AvgIpc) is 3.66. The summed E-state index contributed by atoms with van der Waals surface area (Å²) in [6, 6.07) is 9.80. The fourth-order valence-corrected chi connectivity index (χ4v) is 5.73. The van der Waals surface area contributed by atoms with E-state index in [0.29, 0.717) is 17.9 Å². The Kier molecular flexibility index (Phi) is 6.62. The molecule has 0 aliphatic carbocycles. The number of aromatic amines is 1. The first-order valence-corrected chi connectivity index (χ1v) is 13.1. The van der Waals surface area contributed by atoms with Crippen LogP contribution in [0.25, 0.3) is 10.9 Å². The number of rotatable bonds is 7. The van der Waals surface area contributed by atoms with Crippen molar-refractivity contribution in [1.82, 2.24) is 35.0 Å². The summed E-state index contributed by atoms with van der Waals surface area (Å²) < 4.78 is 13.3.